The molecule has 0 unspecified atom stereocenters. The molecule has 0 atom stereocenters. The lowest BCUT2D eigenvalue weighted by atomic mass is 10.2. The molecule has 0 radical (unpaired) electrons. The van der Waals surface area contributed by atoms with Crippen LogP contribution in [-0.4, -0.2) is 20.8 Å². The molecule has 2 rings (SSSR count). The van der Waals surface area contributed by atoms with Crippen molar-refractivity contribution in [2.75, 3.05) is 11.6 Å². The van der Waals surface area contributed by atoms with E-state index >= 15 is 0 Å². The predicted octanol–water partition coefficient (Wildman–Crippen LogP) is 3.22. The molecule has 0 aliphatic carbocycles. The van der Waals surface area contributed by atoms with Gasteiger partial charge in [0.25, 0.3) is 10.0 Å². The molecule has 0 amide bonds. The highest BCUT2D eigenvalue weighted by Gasteiger charge is 2.25. The summed E-state index contributed by atoms with van der Waals surface area (Å²) in [7, 11) is -2.63. The molecule has 5 nitrogen and oxygen atoms in total. The molecular formula is C16H14ClNO4S. The Balaban J connectivity index is 2.42. The first-order valence-corrected chi connectivity index (χ1v) is 8.39. The number of carbonyl (C=O) groups is 1. The van der Waals surface area contributed by atoms with Gasteiger partial charge in [0, 0.05) is 0 Å². The smallest absolute Gasteiger partial charge is 0.276 e. The summed E-state index contributed by atoms with van der Waals surface area (Å²) < 4.78 is 26.3. The van der Waals surface area contributed by atoms with E-state index in [2.05, 4.69) is 0 Å². The lowest BCUT2D eigenvalue weighted by Crippen LogP contribution is -2.29. The van der Waals surface area contributed by atoms with Crippen molar-refractivity contribution in [3.63, 3.8) is 0 Å². The Hall–Kier alpha value is -2.15. The summed E-state index contributed by atoms with van der Waals surface area (Å²) in [4.78, 5) is 15.9. The van der Waals surface area contributed by atoms with Crippen LogP contribution in [0.3, 0.4) is 0 Å². The molecule has 0 aromatic heterocycles. The molecule has 0 aliphatic rings. The van der Waals surface area contributed by atoms with Gasteiger partial charge in [-0.05, 0) is 47.5 Å². The van der Waals surface area contributed by atoms with Crippen LogP contribution in [0.15, 0.2) is 65.6 Å². The van der Waals surface area contributed by atoms with Gasteiger partial charge in [0.05, 0.1) is 17.7 Å². The van der Waals surface area contributed by atoms with Crippen LogP contribution in [0, 0.1) is 0 Å². The zero-order valence-corrected chi connectivity index (χ0v) is 13.8. The molecule has 0 aliphatic heterocycles. The average Bonchev–Trinajstić information content (AvgIpc) is 2.54. The second-order valence-corrected chi connectivity index (χ2v) is 6.59. The Morgan fingerprint density at radius 2 is 1.83 bits per heavy atom. The molecule has 2 aromatic carbocycles. The SMILES string of the molecule is CON(c1ccccc1)S(=O)(=O)c1cccc(C=CC(=O)Cl)c1. The molecule has 0 saturated heterocycles. The van der Waals surface area contributed by atoms with Crippen LogP contribution >= 0.6 is 11.6 Å². The fourth-order valence-electron chi connectivity index (χ4n) is 1.93. The number of para-hydroxylation sites is 1. The highest BCUT2D eigenvalue weighted by atomic mass is 35.5. The molecule has 0 spiro atoms. The van der Waals surface area contributed by atoms with E-state index in [-0.39, 0.29) is 4.90 Å². The number of benzene rings is 2. The summed E-state index contributed by atoms with van der Waals surface area (Å²) in [6, 6.07) is 14.6. The van der Waals surface area contributed by atoms with Gasteiger partial charge in [-0.3, -0.25) is 9.63 Å². The minimum absolute atomic E-state index is 0.0346. The summed E-state index contributed by atoms with van der Waals surface area (Å²) in [5.74, 6) is 0. The van der Waals surface area contributed by atoms with Crippen LogP contribution in [0.5, 0.6) is 0 Å². The molecule has 0 heterocycles. The van der Waals surface area contributed by atoms with Crippen LogP contribution in [0.1, 0.15) is 5.56 Å². The summed E-state index contributed by atoms with van der Waals surface area (Å²) in [6.07, 6.45) is 2.59. The maximum atomic E-state index is 12.7. The molecule has 0 N–H and O–H groups in total. The largest absolute Gasteiger partial charge is 0.286 e. The minimum atomic E-state index is -3.91. The summed E-state index contributed by atoms with van der Waals surface area (Å²) in [5.41, 5.74) is 0.913. The second kappa shape index (κ2) is 7.41. The average molecular weight is 352 g/mol. The van der Waals surface area contributed by atoms with Gasteiger partial charge in [0.2, 0.25) is 5.24 Å². The molecule has 2 aromatic rings. The first kappa shape index (κ1) is 17.2. The van der Waals surface area contributed by atoms with E-state index in [4.69, 9.17) is 16.4 Å². The number of rotatable bonds is 6. The maximum Gasteiger partial charge on any atom is 0.286 e. The fourth-order valence-corrected chi connectivity index (χ4v) is 3.31. The normalized spacial score (nSPS) is 11.6. The monoisotopic (exact) mass is 351 g/mol. The molecule has 23 heavy (non-hydrogen) atoms. The van der Waals surface area contributed by atoms with Gasteiger partial charge in [-0.1, -0.05) is 36.4 Å². The van der Waals surface area contributed by atoms with Crippen LogP contribution in [0.25, 0.3) is 6.08 Å². The Kier molecular flexibility index (Phi) is 5.54. The van der Waals surface area contributed by atoms with E-state index in [1.54, 1.807) is 42.5 Å². The van der Waals surface area contributed by atoms with Crippen LogP contribution in [0.2, 0.25) is 0 Å². The van der Waals surface area contributed by atoms with Crippen molar-refractivity contribution in [3.05, 3.63) is 66.2 Å². The lowest BCUT2D eigenvalue weighted by Gasteiger charge is -2.21. The highest BCUT2D eigenvalue weighted by molar-refractivity contribution is 7.92. The minimum Gasteiger partial charge on any atom is -0.276 e. The first-order valence-electron chi connectivity index (χ1n) is 6.57. The summed E-state index contributed by atoms with van der Waals surface area (Å²) >= 11 is 5.24. The fraction of sp³-hybridized carbons (Fsp3) is 0.0625. The molecule has 0 saturated carbocycles. The van der Waals surface area contributed by atoms with E-state index in [1.807, 2.05) is 0 Å². The Morgan fingerprint density at radius 1 is 1.13 bits per heavy atom. The van der Waals surface area contributed by atoms with Gasteiger partial charge in [0.1, 0.15) is 0 Å². The van der Waals surface area contributed by atoms with Crippen molar-refractivity contribution in [1.82, 2.24) is 0 Å². The van der Waals surface area contributed by atoms with Crippen molar-refractivity contribution in [1.29, 1.82) is 0 Å². The van der Waals surface area contributed by atoms with Crippen molar-refractivity contribution in [2.45, 2.75) is 4.90 Å². The number of hydrogen-bond acceptors (Lipinski definition) is 4. The Morgan fingerprint density at radius 3 is 2.43 bits per heavy atom. The van der Waals surface area contributed by atoms with Gasteiger partial charge in [-0.2, -0.15) is 8.42 Å². The molecular weight excluding hydrogens is 338 g/mol. The van der Waals surface area contributed by atoms with E-state index in [9.17, 15) is 13.2 Å². The van der Waals surface area contributed by atoms with Crippen LogP contribution in [0.4, 0.5) is 5.69 Å². The number of nitrogens with zero attached hydrogens (tertiary/aromatic N) is 1. The highest BCUT2D eigenvalue weighted by Crippen LogP contribution is 2.24. The van der Waals surface area contributed by atoms with Gasteiger partial charge in [-0.25, -0.2) is 0 Å². The Bertz CT molecular complexity index is 819. The number of halogens is 1. The van der Waals surface area contributed by atoms with Gasteiger partial charge >= 0.3 is 0 Å². The second-order valence-electron chi connectivity index (χ2n) is 4.46. The van der Waals surface area contributed by atoms with E-state index in [0.29, 0.717) is 11.3 Å². The number of carbonyl (C=O) groups excluding carboxylic acids is 1. The molecule has 7 heteroatoms. The van der Waals surface area contributed by atoms with Crippen molar-refractivity contribution >= 4 is 38.6 Å². The number of allylic oxidation sites excluding steroid dienone is 1. The van der Waals surface area contributed by atoms with Gasteiger partial charge < -0.3 is 0 Å². The molecule has 120 valence electrons. The standard InChI is InChI=1S/C16H14ClNO4S/c1-22-18(14-7-3-2-4-8-14)23(20,21)15-9-5-6-13(12-15)10-11-16(17)19/h2-12H,1H3. The third-order valence-corrected chi connectivity index (χ3v) is 4.69. The third-order valence-electron chi connectivity index (χ3n) is 2.91. The summed E-state index contributed by atoms with van der Waals surface area (Å²) in [6.45, 7) is 0. The van der Waals surface area contributed by atoms with Crippen LogP contribution in [-0.2, 0) is 19.7 Å². The van der Waals surface area contributed by atoms with Gasteiger partial charge in [-0.15, -0.1) is 4.47 Å². The van der Waals surface area contributed by atoms with Crippen LogP contribution < -0.4 is 4.47 Å². The lowest BCUT2D eigenvalue weighted by molar-refractivity contribution is -0.107. The van der Waals surface area contributed by atoms with Gasteiger partial charge in [0.15, 0.2) is 0 Å². The Labute approximate surface area is 139 Å². The maximum absolute atomic E-state index is 12.7. The van der Waals surface area contributed by atoms with Crippen molar-refractivity contribution < 1.29 is 18.0 Å². The van der Waals surface area contributed by atoms with E-state index < -0.39 is 15.3 Å². The molecule has 0 fully saturated rings. The molecule has 0 bridgehead atoms. The third kappa shape index (κ3) is 4.19. The number of sulfonamides is 1. The van der Waals surface area contributed by atoms with Crippen molar-refractivity contribution in [3.8, 4) is 0 Å². The zero-order valence-electron chi connectivity index (χ0n) is 12.2. The zero-order chi connectivity index (χ0) is 16.9. The number of anilines is 1. The first-order chi connectivity index (χ1) is 10.9. The number of hydrogen-bond donors (Lipinski definition) is 0. The summed E-state index contributed by atoms with van der Waals surface area (Å²) in [5, 5.41) is -0.638. The predicted molar refractivity (Wildman–Crippen MR) is 89.5 cm³/mol. The van der Waals surface area contributed by atoms with E-state index in [0.717, 1.165) is 10.5 Å². The van der Waals surface area contributed by atoms with E-state index in [1.165, 1.54) is 25.3 Å². The van der Waals surface area contributed by atoms with Crippen molar-refractivity contribution in [2.24, 2.45) is 0 Å². The topological polar surface area (TPSA) is 63.7 Å². The quantitative estimate of drug-likeness (QED) is 0.455.